The summed E-state index contributed by atoms with van der Waals surface area (Å²) in [6, 6.07) is 5.87. The van der Waals surface area contributed by atoms with Crippen LogP contribution in [-0.4, -0.2) is 63.7 Å². The highest BCUT2D eigenvalue weighted by atomic mass is 16.7. The minimum absolute atomic E-state index is 0.182. The maximum absolute atomic E-state index is 11.9. The zero-order valence-corrected chi connectivity index (χ0v) is 11.0. The highest BCUT2D eigenvalue weighted by molar-refractivity contribution is 5.89. The highest BCUT2D eigenvalue weighted by Crippen LogP contribution is 2.23. The molecular weight excluding hydrogens is 282 g/mol. The standard InChI is InChI=1S/C13H17NO7/c14-7-3-1-6(2-4-7)12(19)21-13-11(18)10(17)9(16)8(5-15)20-13/h1-4,8-11,13,15-18H,5,14H2/t8-,9-,10+,11-,13-/m1/s1. The van der Waals surface area contributed by atoms with Gasteiger partial charge < -0.3 is 35.6 Å². The first-order chi connectivity index (χ1) is 9.93. The summed E-state index contributed by atoms with van der Waals surface area (Å²) >= 11 is 0. The van der Waals surface area contributed by atoms with Crippen LogP contribution < -0.4 is 5.73 Å². The number of carbonyl (C=O) groups is 1. The van der Waals surface area contributed by atoms with E-state index in [4.69, 9.17) is 20.3 Å². The molecule has 8 nitrogen and oxygen atoms in total. The molecule has 1 aromatic rings. The number of nitrogens with two attached hydrogens (primary N) is 1. The van der Waals surface area contributed by atoms with E-state index in [0.717, 1.165) is 0 Å². The lowest BCUT2D eigenvalue weighted by Crippen LogP contribution is -2.59. The average molecular weight is 299 g/mol. The summed E-state index contributed by atoms with van der Waals surface area (Å²) < 4.78 is 10.0. The van der Waals surface area contributed by atoms with E-state index in [-0.39, 0.29) is 5.56 Å². The van der Waals surface area contributed by atoms with Crippen molar-refractivity contribution in [3.8, 4) is 0 Å². The molecule has 1 aliphatic rings. The van der Waals surface area contributed by atoms with Crippen LogP contribution in [0.25, 0.3) is 0 Å². The van der Waals surface area contributed by atoms with Gasteiger partial charge in [0.25, 0.3) is 0 Å². The van der Waals surface area contributed by atoms with Crippen molar-refractivity contribution in [2.75, 3.05) is 12.3 Å². The van der Waals surface area contributed by atoms with Crippen molar-refractivity contribution in [2.45, 2.75) is 30.7 Å². The van der Waals surface area contributed by atoms with E-state index in [1.807, 2.05) is 0 Å². The fourth-order valence-electron chi connectivity index (χ4n) is 1.96. The average Bonchev–Trinajstić information content (AvgIpc) is 2.48. The third-order valence-corrected chi connectivity index (χ3v) is 3.22. The molecule has 0 unspecified atom stereocenters. The number of aliphatic hydroxyl groups excluding tert-OH is 4. The number of benzene rings is 1. The lowest BCUT2D eigenvalue weighted by molar-refractivity contribution is -0.285. The molecule has 8 heteroatoms. The quantitative estimate of drug-likeness (QED) is 0.326. The molecule has 0 aromatic heterocycles. The van der Waals surface area contributed by atoms with Crippen molar-refractivity contribution < 1.29 is 34.7 Å². The zero-order valence-electron chi connectivity index (χ0n) is 11.0. The normalized spacial score (nSPS) is 32.7. The van der Waals surface area contributed by atoms with Gasteiger partial charge in [-0.1, -0.05) is 0 Å². The molecule has 0 bridgehead atoms. The summed E-state index contributed by atoms with van der Waals surface area (Å²) in [6.45, 7) is -0.596. The van der Waals surface area contributed by atoms with E-state index in [1.165, 1.54) is 24.3 Å². The van der Waals surface area contributed by atoms with E-state index in [2.05, 4.69) is 0 Å². The van der Waals surface area contributed by atoms with Gasteiger partial charge in [0.15, 0.2) is 0 Å². The zero-order chi connectivity index (χ0) is 15.6. The monoisotopic (exact) mass is 299 g/mol. The summed E-state index contributed by atoms with van der Waals surface area (Å²) in [5.41, 5.74) is 6.15. The molecule has 0 spiro atoms. The largest absolute Gasteiger partial charge is 0.429 e. The molecule has 1 fully saturated rings. The van der Waals surface area contributed by atoms with Crippen LogP contribution in [0.5, 0.6) is 0 Å². The second kappa shape index (κ2) is 6.37. The molecule has 6 N–H and O–H groups in total. The Morgan fingerprint density at radius 1 is 1.14 bits per heavy atom. The fraction of sp³-hybridized carbons (Fsp3) is 0.462. The van der Waals surface area contributed by atoms with Crippen LogP contribution in [-0.2, 0) is 9.47 Å². The molecule has 5 atom stereocenters. The molecule has 2 rings (SSSR count). The first kappa shape index (κ1) is 15.7. The van der Waals surface area contributed by atoms with E-state index in [1.54, 1.807) is 0 Å². The van der Waals surface area contributed by atoms with Crippen molar-refractivity contribution >= 4 is 11.7 Å². The molecule has 1 aromatic carbocycles. The third-order valence-electron chi connectivity index (χ3n) is 3.22. The molecule has 0 saturated carbocycles. The minimum atomic E-state index is -1.62. The molecule has 1 aliphatic heterocycles. The van der Waals surface area contributed by atoms with Gasteiger partial charge in [-0.3, -0.25) is 0 Å². The maximum atomic E-state index is 11.9. The first-order valence-electron chi connectivity index (χ1n) is 6.31. The molecule has 116 valence electrons. The second-order valence-corrected chi connectivity index (χ2v) is 4.72. The number of esters is 1. The smallest absolute Gasteiger partial charge is 0.340 e. The van der Waals surface area contributed by atoms with Gasteiger partial charge in [0.05, 0.1) is 12.2 Å². The number of anilines is 1. The Balaban J connectivity index is 2.07. The third kappa shape index (κ3) is 3.31. The minimum Gasteiger partial charge on any atom is -0.429 e. The van der Waals surface area contributed by atoms with Gasteiger partial charge in [-0.2, -0.15) is 0 Å². The number of carbonyl (C=O) groups excluding carboxylic acids is 1. The van der Waals surface area contributed by atoms with Crippen LogP contribution in [0.4, 0.5) is 5.69 Å². The summed E-state index contributed by atoms with van der Waals surface area (Å²) in [5.74, 6) is -0.792. The fourth-order valence-corrected chi connectivity index (χ4v) is 1.96. The topological polar surface area (TPSA) is 142 Å². The number of hydrogen-bond donors (Lipinski definition) is 5. The Hall–Kier alpha value is -1.71. The molecule has 1 heterocycles. The Bertz CT molecular complexity index is 490. The van der Waals surface area contributed by atoms with Crippen molar-refractivity contribution in [1.82, 2.24) is 0 Å². The highest BCUT2D eigenvalue weighted by Gasteiger charge is 2.45. The molecule has 0 radical (unpaired) electrons. The summed E-state index contributed by atoms with van der Waals surface area (Å²) in [7, 11) is 0. The van der Waals surface area contributed by atoms with Crippen molar-refractivity contribution in [3.05, 3.63) is 29.8 Å². The van der Waals surface area contributed by atoms with Gasteiger partial charge in [0.2, 0.25) is 6.29 Å². The molecular formula is C13H17NO7. The summed E-state index contributed by atoms with van der Waals surface area (Å²) in [5, 5.41) is 38.0. The summed E-state index contributed by atoms with van der Waals surface area (Å²) in [6.07, 6.45) is -7.35. The summed E-state index contributed by atoms with van der Waals surface area (Å²) in [4.78, 5) is 11.9. The van der Waals surface area contributed by atoms with E-state index >= 15 is 0 Å². The Morgan fingerprint density at radius 3 is 2.33 bits per heavy atom. The van der Waals surface area contributed by atoms with Gasteiger partial charge in [-0.15, -0.1) is 0 Å². The predicted molar refractivity (Wildman–Crippen MR) is 70.0 cm³/mol. The Labute approximate surface area is 120 Å². The van der Waals surface area contributed by atoms with E-state index in [9.17, 15) is 20.1 Å². The number of rotatable bonds is 3. The number of hydrogen-bond acceptors (Lipinski definition) is 8. The van der Waals surface area contributed by atoms with Crippen LogP contribution in [0.15, 0.2) is 24.3 Å². The number of aliphatic hydroxyl groups is 4. The van der Waals surface area contributed by atoms with E-state index in [0.29, 0.717) is 5.69 Å². The maximum Gasteiger partial charge on any atom is 0.340 e. The number of nitrogen functional groups attached to an aromatic ring is 1. The van der Waals surface area contributed by atoms with Crippen LogP contribution in [0.1, 0.15) is 10.4 Å². The van der Waals surface area contributed by atoms with Crippen LogP contribution >= 0.6 is 0 Å². The SMILES string of the molecule is Nc1ccc(C(=O)O[C@H]2O[C@H](CO)[C@@H](O)[C@H](O)[C@H]2O)cc1. The molecule has 21 heavy (non-hydrogen) atoms. The predicted octanol–water partition coefficient (Wildman–Crippen LogP) is -1.77. The lowest BCUT2D eigenvalue weighted by Gasteiger charge is -2.39. The van der Waals surface area contributed by atoms with Crippen LogP contribution in [0, 0.1) is 0 Å². The number of ether oxygens (including phenoxy) is 2. The van der Waals surface area contributed by atoms with Gasteiger partial charge in [-0.05, 0) is 24.3 Å². The Kier molecular flexibility index (Phi) is 4.76. The first-order valence-corrected chi connectivity index (χ1v) is 6.31. The lowest BCUT2D eigenvalue weighted by atomic mass is 9.99. The molecule has 1 saturated heterocycles. The second-order valence-electron chi connectivity index (χ2n) is 4.72. The van der Waals surface area contributed by atoms with Gasteiger partial charge in [0, 0.05) is 5.69 Å². The molecule has 0 aliphatic carbocycles. The van der Waals surface area contributed by atoms with Crippen molar-refractivity contribution in [1.29, 1.82) is 0 Å². The van der Waals surface area contributed by atoms with Crippen LogP contribution in [0.3, 0.4) is 0 Å². The van der Waals surface area contributed by atoms with Gasteiger partial charge in [0.1, 0.15) is 24.4 Å². The van der Waals surface area contributed by atoms with Crippen LogP contribution in [0.2, 0.25) is 0 Å². The Morgan fingerprint density at radius 2 is 1.76 bits per heavy atom. The van der Waals surface area contributed by atoms with Crippen molar-refractivity contribution in [3.63, 3.8) is 0 Å². The van der Waals surface area contributed by atoms with Gasteiger partial charge >= 0.3 is 5.97 Å². The van der Waals surface area contributed by atoms with E-state index < -0.39 is 43.3 Å². The van der Waals surface area contributed by atoms with Crippen molar-refractivity contribution in [2.24, 2.45) is 0 Å². The van der Waals surface area contributed by atoms with Gasteiger partial charge in [-0.25, -0.2) is 4.79 Å². The molecule has 0 amide bonds.